The largest absolute Gasteiger partial charge is 0.493 e. The Balaban J connectivity index is 1.25. The Morgan fingerprint density at radius 1 is 0.971 bits per heavy atom. The molecule has 0 spiro atoms. The van der Waals surface area contributed by atoms with Gasteiger partial charge in [-0.2, -0.15) is 0 Å². The molecule has 0 radical (unpaired) electrons. The maximum absolute atomic E-state index is 12.8. The Hall–Kier alpha value is -3.60. The van der Waals surface area contributed by atoms with E-state index in [2.05, 4.69) is 66.9 Å². The molecule has 1 aliphatic heterocycles. The average Bonchev–Trinajstić information content (AvgIpc) is 3.41. The van der Waals surface area contributed by atoms with Gasteiger partial charge < -0.3 is 14.2 Å². The highest BCUT2D eigenvalue weighted by Gasteiger charge is 2.33. The number of carbonyl (C=O) groups excluding carboxylic acids is 1. The van der Waals surface area contributed by atoms with Gasteiger partial charge in [-0.15, -0.1) is 0 Å². The van der Waals surface area contributed by atoms with Crippen LogP contribution in [0.4, 0.5) is 0 Å². The lowest BCUT2D eigenvalue weighted by Gasteiger charge is -2.17. The van der Waals surface area contributed by atoms with Crippen LogP contribution >= 0.6 is 0 Å². The molecule has 1 aliphatic rings. The fraction of sp³-hybridized carbons (Fsp3) is 0.333. The third-order valence-corrected chi connectivity index (χ3v) is 6.84. The summed E-state index contributed by atoms with van der Waals surface area (Å²) in [6.07, 6.45) is 2.47. The lowest BCUT2D eigenvalue weighted by molar-refractivity contribution is -0.128. The van der Waals surface area contributed by atoms with Crippen LogP contribution in [0.5, 0.6) is 5.75 Å². The van der Waals surface area contributed by atoms with Crippen LogP contribution in [0.2, 0.25) is 0 Å². The molecule has 1 fully saturated rings. The number of carbonyl (C=O) groups is 1. The van der Waals surface area contributed by atoms with Gasteiger partial charge in [0.25, 0.3) is 0 Å². The van der Waals surface area contributed by atoms with E-state index < -0.39 is 0 Å². The number of aryl methyl sites for hydroxylation is 3. The van der Waals surface area contributed by atoms with Crippen LogP contribution in [0.25, 0.3) is 11.0 Å². The fourth-order valence-corrected chi connectivity index (χ4v) is 5.06. The first kappa shape index (κ1) is 23.2. The normalized spacial score (nSPS) is 15.8. The van der Waals surface area contributed by atoms with Gasteiger partial charge in [0.2, 0.25) is 5.91 Å². The highest BCUT2D eigenvalue weighted by molar-refractivity contribution is 5.81. The van der Waals surface area contributed by atoms with Crippen molar-refractivity contribution in [2.24, 2.45) is 0 Å². The number of hydrogen-bond donors (Lipinski definition) is 0. The molecule has 0 N–H and O–H groups in total. The number of imidazole rings is 1. The van der Waals surface area contributed by atoms with Crippen molar-refractivity contribution < 1.29 is 9.53 Å². The quantitative estimate of drug-likeness (QED) is 0.283. The molecule has 180 valence electrons. The summed E-state index contributed by atoms with van der Waals surface area (Å²) in [5.41, 5.74) is 5.74. The lowest BCUT2D eigenvalue weighted by Crippen LogP contribution is -2.24. The number of para-hydroxylation sites is 2. The summed E-state index contributed by atoms with van der Waals surface area (Å²) < 4.78 is 8.37. The van der Waals surface area contributed by atoms with Gasteiger partial charge in [-0.1, -0.05) is 60.2 Å². The van der Waals surface area contributed by atoms with Crippen LogP contribution < -0.4 is 4.74 Å². The number of rotatable bonds is 9. The number of amides is 1. The van der Waals surface area contributed by atoms with E-state index in [0.717, 1.165) is 42.0 Å². The first-order valence-corrected chi connectivity index (χ1v) is 12.6. The van der Waals surface area contributed by atoms with E-state index in [0.29, 0.717) is 26.1 Å². The molecule has 1 saturated heterocycles. The molecule has 5 rings (SSSR count). The van der Waals surface area contributed by atoms with Gasteiger partial charge >= 0.3 is 0 Å². The van der Waals surface area contributed by atoms with Crippen molar-refractivity contribution in [3.63, 3.8) is 0 Å². The fourth-order valence-electron chi connectivity index (χ4n) is 5.06. The highest BCUT2D eigenvalue weighted by atomic mass is 16.5. The molecule has 5 nitrogen and oxygen atoms in total. The number of hydrogen-bond acceptors (Lipinski definition) is 3. The minimum atomic E-state index is 0.116. The monoisotopic (exact) mass is 467 g/mol. The molecule has 0 unspecified atom stereocenters. The molecule has 1 aromatic heterocycles. The Morgan fingerprint density at radius 2 is 1.77 bits per heavy atom. The highest BCUT2D eigenvalue weighted by Crippen LogP contribution is 2.31. The van der Waals surface area contributed by atoms with Gasteiger partial charge in [0.05, 0.1) is 17.6 Å². The van der Waals surface area contributed by atoms with Crippen molar-refractivity contribution in [1.29, 1.82) is 0 Å². The Bertz CT molecular complexity index is 1310. The van der Waals surface area contributed by atoms with Gasteiger partial charge in [-0.3, -0.25) is 4.79 Å². The van der Waals surface area contributed by atoms with Gasteiger partial charge in [0.1, 0.15) is 11.6 Å². The zero-order valence-corrected chi connectivity index (χ0v) is 20.6. The molecule has 2 heterocycles. The smallest absolute Gasteiger partial charge is 0.223 e. The maximum Gasteiger partial charge on any atom is 0.223 e. The van der Waals surface area contributed by atoms with Gasteiger partial charge in [-0.25, -0.2) is 4.98 Å². The van der Waals surface area contributed by atoms with E-state index in [9.17, 15) is 4.79 Å². The average molecular weight is 468 g/mol. The summed E-state index contributed by atoms with van der Waals surface area (Å²) in [6, 6.07) is 24.8. The predicted octanol–water partition coefficient (Wildman–Crippen LogP) is 6.03. The summed E-state index contributed by atoms with van der Waals surface area (Å²) >= 11 is 0. The number of fused-ring (bicyclic) bond motifs is 1. The van der Waals surface area contributed by atoms with Crippen LogP contribution in [0.3, 0.4) is 0 Å². The number of benzene rings is 3. The minimum absolute atomic E-state index is 0.116. The number of likely N-dealkylation sites (tertiary alicyclic amines) is 1. The van der Waals surface area contributed by atoms with Crippen LogP contribution in [0.15, 0.2) is 72.8 Å². The Morgan fingerprint density at radius 3 is 2.60 bits per heavy atom. The van der Waals surface area contributed by atoms with Crippen LogP contribution in [0, 0.1) is 13.8 Å². The van der Waals surface area contributed by atoms with Crippen LogP contribution in [0.1, 0.15) is 47.7 Å². The summed E-state index contributed by atoms with van der Waals surface area (Å²) in [5, 5.41) is 0. The van der Waals surface area contributed by atoms with Gasteiger partial charge in [-0.05, 0) is 56.0 Å². The third kappa shape index (κ3) is 5.24. The van der Waals surface area contributed by atoms with E-state index in [1.54, 1.807) is 0 Å². The van der Waals surface area contributed by atoms with E-state index >= 15 is 0 Å². The zero-order chi connectivity index (χ0) is 24.2. The maximum atomic E-state index is 12.8. The van der Waals surface area contributed by atoms with Crippen LogP contribution in [-0.2, 0) is 17.9 Å². The summed E-state index contributed by atoms with van der Waals surface area (Å²) in [7, 11) is 0. The zero-order valence-electron chi connectivity index (χ0n) is 20.6. The summed E-state index contributed by atoms with van der Waals surface area (Å²) in [4.78, 5) is 19.8. The first-order valence-electron chi connectivity index (χ1n) is 12.6. The predicted molar refractivity (Wildman–Crippen MR) is 140 cm³/mol. The molecule has 1 amide bonds. The molecule has 0 aliphatic carbocycles. The van der Waals surface area contributed by atoms with Gasteiger partial charge in [0, 0.05) is 32.0 Å². The molecule has 0 bridgehead atoms. The summed E-state index contributed by atoms with van der Waals surface area (Å²) in [6.45, 7) is 7.13. The van der Waals surface area contributed by atoms with Crippen molar-refractivity contribution in [1.82, 2.24) is 14.5 Å². The van der Waals surface area contributed by atoms with E-state index in [4.69, 9.17) is 9.72 Å². The summed E-state index contributed by atoms with van der Waals surface area (Å²) in [5.74, 6) is 2.32. The van der Waals surface area contributed by atoms with E-state index in [1.165, 1.54) is 16.7 Å². The molecular weight excluding hydrogens is 434 g/mol. The third-order valence-electron chi connectivity index (χ3n) is 6.84. The second kappa shape index (κ2) is 10.3. The number of unbranched alkanes of at least 4 members (excludes halogenated alkanes) is 1. The first-order chi connectivity index (χ1) is 17.1. The molecule has 35 heavy (non-hydrogen) atoms. The number of nitrogens with zero attached hydrogens (tertiary/aromatic N) is 3. The Labute approximate surface area is 207 Å². The number of aromatic nitrogens is 2. The van der Waals surface area contributed by atoms with Crippen molar-refractivity contribution in [3.05, 3.63) is 95.3 Å². The second-order valence-corrected chi connectivity index (χ2v) is 9.60. The standard InChI is InChI=1S/C30H33N3O2/c1-22-14-15-28(23(2)18-22)35-17-9-8-16-33-27-13-7-6-12-26(27)31-30(33)25-19-29(34)32(21-25)20-24-10-4-3-5-11-24/h3-7,10-15,18,25H,8-9,16-17,19-21H2,1-2H3/t25-/m0/s1. The van der Waals surface area contributed by atoms with E-state index in [1.807, 2.05) is 29.2 Å². The van der Waals surface area contributed by atoms with Crippen molar-refractivity contribution >= 4 is 16.9 Å². The molecule has 5 heteroatoms. The minimum Gasteiger partial charge on any atom is -0.493 e. The lowest BCUT2D eigenvalue weighted by atomic mass is 10.1. The molecule has 0 saturated carbocycles. The molecular formula is C30H33N3O2. The number of ether oxygens (including phenoxy) is 1. The molecule has 4 aromatic rings. The SMILES string of the molecule is Cc1ccc(OCCCCn2c([C@H]3CC(=O)N(Cc4ccccc4)C3)nc3ccccc32)c(C)c1. The molecule has 3 aromatic carbocycles. The molecule has 1 atom stereocenters. The second-order valence-electron chi connectivity index (χ2n) is 9.60. The van der Waals surface area contributed by atoms with Gasteiger partial charge in [0.15, 0.2) is 0 Å². The van der Waals surface area contributed by atoms with Crippen molar-refractivity contribution in [3.8, 4) is 5.75 Å². The van der Waals surface area contributed by atoms with Crippen LogP contribution in [-0.4, -0.2) is 33.5 Å². The Kier molecular flexibility index (Phi) is 6.84. The van der Waals surface area contributed by atoms with E-state index in [-0.39, 0.29) is 11.8 Å². The van der Waals surface area contributed by atoms with Crippen molar-refractivity contribution in [2.75, 3.05) is 13.2 Å². The van der Waals surface area contributed by atoms with Crippen molar-refractivity contribution in [2.45, 2.75) is 52.1 Å². The topological polar surface area (TPSA) is 47.4 Å².